The highest BCUT2D eigenvalue weighted by atomic mass is 16.1. The van der Waals surface area contributed by atoms with E-state index in [-0.39, 0.29) is 11.5 Å². The average molecular weight is 257 g/mol. The van der Waals surface area contributed by atoms with Gasteiger partial charge in [-0.1, -0.05) is 0 Å². The molecule has 6 heteroatoms. The Bertz CT molecular complexity index is 700. The van der Waals surface area contributed by atoms with E-state index in [0.717, 1.165) is 5.69 Å². The Morgan fingerprint density at radius 3 is 3.00 bits per heavy atom. The fraction of sp³-hybridized carbons (Fsp3) is 0.308. The van der Waals surface area contributed by atoms with Crippen LogP contribution in [0.4, 0.5) is 11.4 Å². The van der Waals surface area contributed by atoms with Crippen LogP contribution in [0, 0.1) is 17.2 Å². The van der Waals surface area contributed by atoms with Gasteiger partial charge in [0.2, 0.25) is 0 Å². The molecule has 0 saturated heterocycles. The van der Waals surface area contributed by atoms with Gasteiger partial charge in [-0.05, 0) is 19.1 Å². The van der Waals surface area contributed by atoms with E-state index < -0.39 is 0 Å². The molecule has 2 aromatic rings. The number of aromatic amines is 1. The highest BCUT2D eigenvalue weighted by molar-refractivity contribution is 5.88. The fourth-order valence-corrected chi connectivity index (χ4v) is 2.00. The van der Waals surface area contributed by atoms with Gasteiger partial charge in [-0.2, -0.15) is 5.26 Å². The van der Waals surface area contributed by atoms with Crippen molar-refractivity contribution in [2.24, 2.45) is 5.92 Å². The summed E-state index contributed by atoms with van der Waals surface area (Å²) in [6.45, 7) is 2.41. The van der Waals surface area contributed by atoms with Crippen LogP contribution in [0.2, 0.25) is 0 Å². The quantitative estimate of drug-likeness (QED) is 0.802. The van der Waals surface area contributed by atoms with Crippen molar-refractivity contribution >= 4 is 22.3 Å². The topological polar surface area (TPSA) is 98.8 Å². The number of aromatic nitrogens is 2. The summed E-state index contributed by atoms with van der Waals surface area (Å²) in [5, 5.41) is 9.31. The van der Waals surface area contributed by atoms with Gasteiger partial charge in [0.25, 0.3) is 5.56 Å². The molecule has 19 heavy (non-hydrogen) atoms. The predicted octanol–water partition coefficient (Wildman–Crippen LogP) is 1.10. The van der Waals surface area contributed by atoms with E-state index >= 15 is 0 Å². The summed E-state index contributed by atoms with van der Waals surface area (Å²) >= 11 is 0. The zero-order valence-electron chi connectivity index (χ0n) is 10.8. The molecule has 0 fully saturated rings. The fourth-order valence-electron chi connectivity index (χ4n) is 2.00. The molecular weight excluding hydrogens is 242 g/mol. The Balaban J connectivity index is 2.48. The second kappa shape index (κ2) is 4.98. The summed E-state index contributed by atoms with van der Waals surface area (Å²) < 4.78 is 0. The SMILES string of the molecule is CC(C#N)CN(C)c1cc2nc[nH]c(=O)c2cc1N. The van der Waals surface area contributed by atoms with Gasteiger partial charge < -0.3 is 15.6 Å². The van der Waals surface area contributed by atoms with Gasteiger partial charge >= 0.3 is 0 Å². The monoisotopic (exact) mass is 257 g/mol. The van der Waals surface area contributed by atoms with Gasteiger partial charge in [-0.15, -0.1) is 0 Å². The molecule has 6 nitrogen and oxygen atoms in total. The lowest BCUT2D eigenvalue weighted by Crippen LogP contribution is -2.24. The summed E-state index contributed by atoms with van der Waals surface area (Å²) in [5.74, 6) is -0.104. The van der Waals surface area contributed by atoms with E-state index in [9.17, 15) is 4.79 Å². The number of fused-ring (bicyclic) bond motifs is 1. The van der Waals surface area contributed by atoms with Crippen LogP contribution in [-0.2, 0) is 0 Å². The first-order valence-corrected chi connectivity index (χ1v) is 5.90. The van der Waals surface area contributed by atoms with Gasteiger partial charge in [-0.3, -0.25) is 4.79 Å². The van der Waals surface area contributed by atoms with E-state index in [1.807, 2.05) is 18.9 Å². The molecule has 2 rings (SSSR count). The number of rotatable bonds is 3. The number of nitrogens with one attached hydrogen (secondary N) is 1. The number of H-pyrrole nitrogens is 1. The maximum absolute atomic E-state index is 11.6. The molecule has 0 aliphatic rings. The van der Waals surface area contributed by atoms with Crippen LogP contribution in [-0.4, -0.2) is 23.6 Å². The molecule has 1 heterocycles. The Kier molecular flexibility index (Phi) is 3.38. The van der Waals surface area contributed by atoms with Crippen LogP contribution >= 0.6 is 0 Å². The van der Waals surface area contributed by atoms with Gasteiger partial charge in [0.05, 0.1) is 40.6 Å². The van der Waals surface area contributed by atoms with Crippen LogP contribution < -0.4 is 16.2 Å². The Labute approximate surface area is 110 Å². The number of nitrogens with zero attached hydrogens (tertiary/aromatic N) is 3. The molecule has 98 valence electrons. The third-order valence-electron chi connectivity index (χ3n) is 2.97. The van der Waals surface area contributed by atoms with Crippen molar-refractivity contribution in [3.8, 4) is 6.07 Å². The van der Waals surface area contributed by atoms with E-state index in [0.29, 0.717) is 23.1 Å². The molecule has 1 atom stereocenters. The van der Waals surface area contributed by atoms with Gasteiger partial charge in [0, 0.05) is 13.6 Å². The molecule has 0 bridgehead atoms. The first kappa shape index (κ1) is 12.9. The summed E-state index contributed by atoms with van der Waals surface area (Å²) in [6, 6.07) is 5.56. The molecule has 0 saturated carbocycles. The predicted molar refractivity (Wildman–Crippen MR) is 74.8 cm³/mol. The lowest BCUT2D eigenvalue weighted by Gasteiger charge is -2.22. The summed E-state index contributed by atoms with van der Waals surface area (Å²) in [4.78, 5) is 20.2. The van der Waals surface area contributed by atoms with E-state index in [4.69, 9.17) is 11.0 Å². The minimum absolute atomic E-state index is 0.104. The van der Waals surface area contributed by atoms with Crippen molar-refractivity contribution in [1.29, 1.82) is 5.26 Å². The first-order chi connectivity index (χ1) is 9.02. The van der Waals surface area contributed by atoms with Crippen molar-refractivity contribution in [3.63, 3.8) is 0 Å². The Hall–Kier alpha value is -2.55. The highest BCUT2D eigenvalue weighted by Gasteiger charge is 2.12. The van der Waals surface area contributed by atoms with Crippen molar-refractivity contribution in [2.75, 3.05) is 24.2 Å². The molecule has 1 aromatic carbocycles. The Morgan fingerprint density at radius 2 is 2.32 bits per heavy atom. The number of benzene rings is 1. The zero-order valence-corrected chi connectivity index (χ0v) is 10.8. The van der Waals surface area contributed by atoms with Crippen LogP contribution in [0.5, 0.6) is 0 Å². The third kappa shape index (κ3) is 2.50. The van der Waals surface area contributed by atoms with Crippen LogP contribution in [0.3, 0.4) is 0 Å². The molecule has 3 N–H and O–H groups in total. The normalized spacial score (nSPS) is 12.1. The number of anilines is 2. The van der Waals surface area contributed by atoms with Crippen LogP contribution in [0.1, 0.15) is 6.92 Å². The van der Waals surface area contributed by atoms with Crippen molar-refractivity contribution in [1.82, 2.24) is 9.97 Å². The van der Waals surface area contributed by atoms with Crippen molar-refractivity contribution in [3.05, 3.63) is 28.8 Å². The van der Waals surface area contributed by atoms with Crippen LogP contribution in [0.25, 0.3) is 10.9 Å². The standard InChI is InChI=1S/C13H15N5O/c1-8(5-14)6-18(2)12-4-11-9(3-10(12)15)13(19)17-7-16-11/h3-4,7-8H,6,15H2,1-2H3,(H,16,17,19). The minimum atomic E-state index is -0.212. The minimum Gasteiger partial charge on any atom is -0.397 e. The molecule has 1 aromatic heterocycles. The number of nitriles is 1. The number of nitrogens with two attached hydrogens (primary N) is 1. The number of hydrogen-bond acceptors (Lipinski definition) is 5. The molecule has 0 spiro atoms. The first-order valence-electron chi connectivity index (χ1n) is 5.90. The van der Waals surface area contributed by atoms with Crippen molar-refractivity contribution in [2.45, 2.75) is 6.92 Å². The van der Waals surface area contributed by atoms with Gasteiger partial charge in [0.1, 0.15) is 0 Å². The van der Waals surface area contributed by atoms with E-state index in [2.05, 4.69) is 16.0 Å². The number of nitrogen functional groups attached to an aromatic ring is 1. The van der Waals surface area contributed by atoms with E-state index in [1.165, 1.54) is 6.33 Å². The Morgan fingerprint density at radius 1 is 1.58 bits per heavy atom. The smallest absolute Gasteiger partial charge is 0.258 e. The molecule has 0 aliphatic carbocycles. The lowest BCUT2D eigenvalue weighted by molar-refractivity contribution is 0.717. The van der Waals surface area contributed by atoms with Gasteiger partial charge in [0.15, 0.2) is 0 Å². The third-order valence-corrected chi connectivity index (χ3v) is 2.97. The molecular formula is C13H15N5O. The second-order valence-electron chi connectivity index (χ2n) is 4.57. The number of hydrogen-bond donors (Lipinski definition) is 2. The maximum Gasteiger partial charge on any atom is 0.258 e. The van der Waals surface area contributed by atoms with Gasteiger partial charge in [-0.25, -0.2) is 4.98 Å². The average Bonchev–Trinajstić information content (AvgIpc) is 2.39. The molecule has 0 aliphatic heterocycles. The summed E-state index contributed by atoms with van der Waals surface area (Å²) in [6.07, 6.45) is 1.36. The second-order valence-corrected chi connectivity index (χ2v) is 4.57. The lowest BCUT2D eigenvalue weighted by atomic mass is 10.1. The largest absolute Gasteiger partial charge is 0.397 e. The van der Waals surface area contributed by atoms with Crippen molar-refractivity contribution < 1.29 is 0 Å². The van der Waals surface area contributed by atoms with E-state index in [1.54, 1.807) is 12.1 Å². The molecule has 1 unspecified atom stereocenters. The highest BCUT2D eigenvalue weighted by Crippen LogP contribution is 2.26. The molecule has 0 radical (unpaired) electrons. The van der Waals surface area contributed by atoms with Crippen LogP contribution in [0.15, 0.2) is 23.3 Å². The maximum atomic E-state index is 11.6. The zero-order chi connectivity index (χ0) is 14.0. The molecule has 0 amide bonds. The summed E-state index contributed by atoms with van der Waals surface area (Å²) in [5.41, 5.74) is 7.61. The summed E-state index contributed by atoms with van der Waals surface area (Å²) in [7, 11) is 1.86.